The van der Waals surface area contributed by atoms with Crippen LogP contribution < -0.4 is 15.2 Å². The van der Waals surface area contributed by atoms with E-state index in [1.807, 2.05) is 0 Å². The molecule has 2 N–H and O–H groups in total. The fraction of sp³-hybridized carbons (Fsp3) is 0.214. The van der Waals surface area contributed by atoms with Gasteiger partial charge in [-0.05, 0) is 24.3 Å². The van der Waals surface area contributed by atoms with Crippen molar-refractivity contribution in [3.63, 3.8) is 0 Å². The van der Waals surface area contributed by atoms with Crippen LogP contribution in [0.1, 0.15) is 11.3 Å². The summed E-state index contributed by atoms with van der Waals surface area (Å²) in [6.45, 7) is -0.107. The molecule has 0 fully saturated rings. The molecule has 0 saturated carbocycles. The smallest absolute Gasteiger partial charge is 0.420 e. The van der Waals surface area contributed by atoms with E-state index in [-0.39, 0.29) is 18.0 Å². The molecule has 4 nitrogen and oxygen atoms in total. The molecular weight excluding hydrogens is 285 g/mol. The molecule has 0 unspecified atom stereocenters. The highest BCUT2D eigenvalue weighted by Gasteiger charge is 2.34. The van der Waals surface area contributed by atoms with E-state index in [0.29, 0.717) is 11.6 Å². The summed E-state index contributed by atoms with van der Waals surface area (Å²) in [6.07, 6.45) is -4.54. The van der Waals surface area contributed by atoms with E-state index in [1.165, 1.54) is 19.2 Å². The van der Waals surface area contributed by atoms with Crippen LogP contribution in [0.15, 0.2) is 36.4 Å². The number of nitrogens with two attached hydrogens (primary N) is 1. The molecule has 0 atom stereocenters. The third kappa shape index (κ3) is 3.77. The number of anilines is 1. The molecular formula is C14H13F3N2O2. The first-order valence-electron chi connectivity index (χ1n) is 5.99. The maximum atomic E-state index is 12.9. The predicted octanol–water partition coefficient (Wildman–Crippen LogP) is 3.27. The van der Waals surface area contributed by atoms with Crippen LogP contribution in [0.2, 0.25) is 0 Å². The Labute approximate surface area is 119 Å². The Bertz CT molecular complexity index is 630. The number of benzene rings is 1. The highest BCUT2D eigenvalue weighted by atomic mass is 19.4. The number of methoxy groups -OCH3 is 1. The number of pyridine rings is 1. The lowest BCUT2D eigenvalue weighted by molar-refractivity contribution is -0.139. The molecule has 1 aromatic heterocycles. The SMILES string of the molecule is COc1cccc(COc2ccc(N)cc2C(F)(F)F)n1. The standard InChI is InChI=1S/C14H13F3N2O2/c1-20-13-4-2-3-10(19-13)8-21-12-6-5-9(18)7-11(12)14(15,16)17/h2-7H,8,18H2,1H3. The maximum absolute atomic E-state index is 12.9. The van der Waals surface area contributed by atoms with Gasteiger partial charge < -0.3 is 15.2 Å². The predicted molar refractivity (Wildman–Crippen MR) is 71.0 cm³/mol. The van der Waals surface area contributed by atoms with Crippen LogP contribution in [0.25, 0.3) is 0 Å². The largest absolute Gasteiger partial charge is 0.487 e. The van der Waals surface area contributed by atoms with E-state index in [4.69, 9.17) is 15.2 Å². The summed E-state index contributed by atoms with van der Waals surface area (Å²) in [5, 5.41) is 0. The number of aromatic nitrogens is 1. The molecule has 0 aliphatic carbocycles. The van der Waals surface area contributed by atoms with Gasteiger partial charge in [0.15, 0.2) is 0 Å². The van der Waals surface area contributed by atoms with Crippen molar-refractivity contribution in [3.8, 4) is 11.6 Å². The maximum Gasteiger partial charge on any atom is 0.420 e. The summed E-state index contributed by atoms with van der Waals surface area (Å²) in [6, 6.07) is 8.33. The Balaban J connectivity index is 2.20. The van der Waals surface area contributed by atoms with Gasteiger partial charge in [0.05, 0.1) is 18.4 Å². The second-order valence-electron chi connectivity index (χ2n) is 4.21. The lowest BCUT2D eigenvalue weighted by Gasteiger charge is -2.14. The Hall–Kier alpha value is -2.44. The van der Waals surface area contributed by atoms with E-state index >= 15 is 0 Å². The summed E-state index contributed by atoms with van der Waals surface area (Å²) >= 11 is 0. The van der Waals surface area contributed by atoms with Crippen molar-refractivity contribution in [3.05, 3.63) is 47.7 Å². The van der Waals surface area contributed by atoms with Gasteiger partial charge in [-0.15, -0.1) is 0 Å². The van der Waals surface area contributed by atoms with Crippen molar-refractivity contribution < 1.29 is 22.6 Å². The molecule has 0 aliphatic heterocycles. The van der Waals surface area contributed by atoms with E-state index < -0.39 is 11.7 Å². The Kier molecular flexibility index (Phi) is 4.21. The summed E-state index contributed by atoms with van der Waals surface area (Å²) in [5.41, 5.74) is 4.95. The van der Waals surface area contributed by atoms with E-state index in [0.717, 1.165) is 6.07 Å². The molecule has 2 rings (SSSR count). The zero-order valence-corrected chi connectivity index (χ0v) is 11.1. The molecule has 0 aliphatic rings. The topological polar surface area (TPSA) is 57.4 Å². The van der Waals surface area contributed by atoms with Crippen molar-refractivity contribution in [2.75, 3.05) is 12.8 Å². The first-order chi connectivity index (χ1) is 9.90. The molecule has 112 valence electrons. The van der Waals surface area contributed by atoms with Gasteiger partial charge in [-0.3, -0.25) is 0 Å². The van der Waals surface area contributed by atoms with Crippen LogP contribution in [0.4, 0.5) is 18.9 Å². The molecule has 7 heteroatoms. The van der Waals surface area contributed by atoms with Crippen LogP contribution >= 0.6 is 0 Å². The minimum atomic E-state index is -4.54. The van der Waals surface area contributed by atoms with Gasteiger partial charge in [-0.25, -0.2) is 4.98 Å². The van der Waals surface area contributed by atoms with Crippen molar-refractivity contribution >= 4 is 5.69 Å². The zero-order chi connectivity index (χ0) is 15.5. The van der Waals surface area contributed by atoms with Crippen LogP contribution in [0.5, 0.6) is 11.6 Å². The van der Waals surface area contributed by atoms with Crippen LogP contribution in [-0.4, -0.2) is 12.1 Å². The number of hydrogen-bond donors (Lipinski definition) is 1. The van der Waals surface area contributed by atoms with Crippen molar-refractivity contribution in [2.45, 2.75) is 12.8 Å². The van der Waals surface area contributed by atoms with Gasteiger partial charge in [0.2, 0.25) is 5.88 Å². The average Bonchev–Trinajstić information content (AvgIpc) is 2.45. The van der Waals surface area contributed by atoms with Crippen LogP contribution in [-0.2, 0) is 12.8 Å². The number of alkyl halides is 3. The van der Waals surface area contributed by atoms with E-state index in [2.05, 4.69) is 4.98 Å². The lowest BCUT2D eigenvalue weighted by atomic mass is 10.1. The molecule has 0 amide bonds. The average molecular weight is 298 g/mol. The second-order valence-corrected chi connectivity index (χ2v) is 4.21. The fourth-order valence-electron chi connectivity index (χ4n) is 1.70. The number of ether oxygens (including phenoxy) is 2. The zero-order valence-electron chi connectivity index (χ0n) is 11.1. The van der Waals surface area contributed by atoms with Gasteiger partial charge in [-0.2, -0.15) is 13.2 Å². The van der Waals surface area contributed by atoms with Crippen molar-refractivity contribution in [2.24, 2.45) is 0 Å². The Morgan fingerprint density at radius 1 is 1.19 bits per heavy atom. The number of nitrogen functional groups attached to an aromatic ring is 1. The summed E-state index contributed by atoms with van der Waals surface area (Å²) in [5.74, 6) is 0.0748. The molecule has 0 bridgehead atoms. The monoisotopic (exact) mass is 298 g/mol. The number of rotatable bonds is 4. The first-order valence-corrected chi connectivity index (χ1v) is 5.99. The minimum absolute atomic E-state index is 0.0224. The fourth-order valence-corrected chi connectivity index (χ4v) is 1.70. The van der Waals surface area contributed by atoms with E-state index in [1.54, 1.807) is 18.2 Å². The number of hydrogen-bond acceptors (Lipinski definition) is 4. The molecule has 0 saturated heterocycles. The van der Waals surface area contributed by atoms with Gasteiger partial charge in [-0.1, -0.05) is 6.07 Å². The van der Waals surface area contributed by atoms with Crippen molar-refractivity contribution in [1.82, 2.24) is 4.98 Å². The molecule has 0 spiro atoms. The van der Waals surface area contributed by atoms with Crippen LogP contribution in [0.3, 0.4) is 0 Å². The molecule has 0 radical (unpaired) electrons. The van der Waals surface area contributed by atoms with Gasteiger partial charge in [0.25, 0.3) is 0 Å². The van der Waals surface area contributed by atoms with Crippen molar-refractivity contribution in [1.29, 1.82) is 0 Å². The molecule has 2 aromatic rings. The van der Waals surface area contributed by atoms with Crippen LogP contribution in [0, 0.1) is 0 Å². The minimum Gasteiger partial charge on any atom is -0.487 e. The number of halogens is 3. The molecule has 21 heavy (non-hydrogen) atoms. The van der Waals surface area contributed by atoms with E-state index in [9.17, 15) is 13.2 Å². The summed E-state index contributed by atoms with van der Waals surface area (Å²) in [7, 11) is 1.45. The third-order valence-electron chi connectivity index (χ3n) is 2.67. The highest BCUT2D eigenvalue weighted by Crippen LogP contribution is 2.37. The number of nitrogens with zero attached hydrogens (tertiary/aromatic N) is 1. The molecule has 1 aromatic carbocycles. The Morgan fingerprint density at radius 2 is 1.95 bits per heavy atom. The van der Waals surface area contributed by atoms with Gasteiger partial charge >= 0.3 is 6.18 Å². The summed E-state index contributed by atoms with van der Waals surface area (Å²) in [4.78, 5) is 4.06. The van der Waals surface area contributed by atoms with Gasteiger partial charge in [0.1, 0.15) is 12.4 Å². The molecule has 1 heterocycles. The normalized spacial score (nSPS) is 11.2. The highest BCUT2D eigenvalue weighted by molar-refractivity contribution is 5.49. The quantitative estimate of drug-likeness (QED) is 0.880. The summed E-state index contributed by atoms with van der Waals surface area (Å²) < 4.78 is 48.9. The van der Waals surface area contributed by atoms with Gasteiger partial charge in [0, 0.05) is 11.8 Å². The first kappa shape index (κ1) is 15.0. The lowest BCUT2D eigenvalue weighted by Crippen LogP contribution is -2.10. The second kappa shape index (κ2) is 5.90. The Morgan fingerprint density at radius 3 is 2.62 bits per heavy atom. The third-order valence-corrected chi connectivity index (χ3v) is 2.67.